The molecule has 4 atom stereocenters. The Morgan fingerprint density at radius 1 is 0.388 bits per heavy atom. The Labute approximate surface area is 395 Å². The van der Waals surface area contributed by atoms with Crippen molar-refractivity contribution in [1.82, 2.24) is 0 Å². The normalized spacial score (nSPS) is 17.5. The standard InChI is InChI=1S/C52H40O5P2.C2H6.CH5N.2CH4O/c1-51(37-17-5-3-6-18-37,58(53)49-27-15-11-23-45(49)43-21-9-13-25-47(43)56-58)39-29-33-41(34-30-39)55-42-35-31-40(32-36-42)52(2,38-19-7-4-8-20-38)59(54)50-28-16-12-24-46(50)44-22-10-14-26-48(44)57-59;4*1-2/h3-36H,1-2H3;1-2H3;2H2,1H3;2*2H,1H3. The molecule has 0 fully saturated rings. The Morgan fingerprint density at radius 3 is 1.00 bits per heavy atom. The topological polar surface area (TPSA) is 128 Å². The molecular formula is C57H59NO7P2. The molecule has 0 saturated carbocycles. The summed E-state index contributed by atoms with van der Waals surface area (Å²) in [6.07, 6.45) is 0. The highest BCUT2D eigenvalue weighted by Crippen LogP contribution is 2.70. The molecule has 10 rings (SSSR count). The van der Waals surface area contributed by atoms with Gasteiger partial charge in [-0.05, 0) is 103 Å². The summed E-state index contributed by atoms with van der Waals surface area (Å²) in [5, 5.41) is 13.3. The Morgan fingerprint density at radius 2 is 0.657 bits per heavy atom. The van der Waals surface area contributed by atoms with Gasteiger partial charge in [-0.1, -0.05) is 172 Å². The molecule has 0 amide bonds. The summed E-state index contributed by atoms with van der Waals surface area (Å²) < 4.78 is 51.5. The Hall–Kier alpha value is -6.50. The maximum absolute atomic E-state index is 15.8. The fourth-order valence-electron chi connectivity index (χ4n) is 8.86. The number of hydrogen-bond donors (Lipinski definition) is 3. The van der Waals surface area contributed by atoms with Crippen LogP contribution in [-0.2, 0) is 19.4 Å². The fourth-order valence-corrected chi connectivity index (χ4v) is 14.8. The van der Waals surface area contributed by atoms with Crippen LogP contribution in [0.25, 0.3) is 22.3 Å². The van der Waals surface area contributed by atoms with E-state index in [1.54, 1.807) is 0 Å². The maximum atomic E-state index is 15.8. The van der Waals surface area contributed by atoms with E-state index in [9.17, 15) is 0 Å². The third-order valence-electron chi connectivity index (χ3n) is 12.2. The molecular weight excluding hydrogens is 873 g/mol. The van der Waals surface area contributed by atoms with Gasteiger partial charge in [0, 0.05) is 25.3 Å². The average molecular weight is 932 g/mol. The highest BCUT2D eigenvalue weighted by Gasteiger charge is 2.55. The van der Waals surface area contributed by atoms with Gasteiger partial charge in [-0.25, -0.2) is 0 Å². The Bertz CT molecular complexity index is 2760. The minimum atomic E-state index is -3.66. The lowest BCUT2D eigenvalue weighted by Crippen LogP contribution is -2.34. The van der Waals surface area contributed by atoms with Crippen LogP contribution in [0.5, 0.6) is 23.0 Å². The predicted molar refractivity (Wildman–Crippen MR) is 276 cm³/mol. The van der Waals surface area contributed by atoms with Crippen LogP contribution >= 0.6 is 14.7 Å². The van der Waals surface area contributed by atoms with E-state index in [0.717, 1.165) is 58.7 Å². The molecule has 8 aromatic rings. The van der Waals surface area contributed by atoms with Gasteiger partial charge in [0.25, 0.3) is 14.7 Å². The van der Waals surface area contributed by atoms with Gasteiger partial charge in [0.1, 0.15) is 33.3 Å². The smallest absolute Gasteiger partial charge is 0.292 e. The van der Waals surface area contributed by atoms with Crippen LogP contribution in [-0.4, -0.2) is 31.5 Å². The average Bonchev–Trinajstić information content (AvgIpc) is 3.41. The molecule has 8 aromatic carbocycles. The monoisotopic (exact) mass is 931 g/mol. The molecule has 0 aliphatic carbocycles. The summed E-state index contributed by atoms with van der Waals surface area (Å²) in [7, 11) is -3.82. The first-order valence-electron chi connectivity index (χ1n) is 22.2. The molecule has 2 aliphatic heterocycles. The largest absolute Gasteiger partial charge is 0.457 e. The van der Waals surface area contributed by atoms with E-state index in [0.29, 0.717) is 33.6 Å². The molecule has 0 aromatic heterocycles. The number of nitrogens with two attached hydrogens (primary N) is 1. The molecule has 0 spiro atoms. The van der Waals surface area contributed by atoms with Crippen LogP contribution < -0.4 is 30.1 Å². The van der Waals surface area contributed by atoms with Crippen LogP contribution in [0.15, 0.2) is 206 Å². The molecule has 344 valence electrons. The van der Waals surface area contributed by atoms with Crippen LogP contribution in [0.3, 0.4) is 0 Å². The molecule has 4 N–H and O–H groups in total. The quantitative estimate of drug-likeness (QED) is 0.129. The third kappa shape index (κ3) is 8.80. The van der Waals surface area contributed by atoms with Crippen molar-refractivity contribution in [1.29, 1.82) is 0 Å². The van der Waals surface area contributed by atoms with Gasteiger partial charge in [-0.3, -0.25) is 9.13 Å². The van der Waals surface area contributed by atoms with Crippen LogP contribution in [0, 0.1) is 0 Å². The molecule has 8 nitrogen and oxygen atoms in total. The van der Waals surface area contributed by atoms with Crippen LogP contribution in [0.4, 0.5) is 0 Å². The summed E-state index contributed by atoms with van der Waals surface area (Å²) in [5.41, 5.74) is 11.6. The number of rotatable bonds is 8. The van der Waals surface area contributed by atoms with Crippen molar-refractivity contribution < 1.29 is 33.1 Å². The minimum absolute atomic E-state index is 0.609. The molecule has 67 heavy (non-hydrogen) atoms. The van der Waals surface area contributed by atoms with Gasteiger partial charge in [-0.15, -0.1) is 0 Å². The lowest BCUT2D eigenvalue weighted by atomic mass is 9.92. The number of hydrogen-bond acceptors (Lipinski definition) is 8. The zero-order valence-electron chi connectivity index (χ0n) is 39.0. The summed E-state index contributed by atoms with van der Waals surface area (Å²) in [6, 6.07) is 66.8. The van der Waals surface area contributed by atoms with Crippen molar-refractivity contribution in [2.75, 3.05) is 21.3 Å². The zero-order chi connectivity index (χ0) is 48.2. The van der Waals surface area contributed by atoms with Crippen molar-refractivity contribution in [3.63, 3.8) is 0 Å². The molecule has 10 heteroatoms. The number of fused-ring (bicyclic) bond motifs is 6. The van der Waals surface area contributed by atoms with Gasteiger partial charge in [-0.2, -0.15) is 0 Å². The Kier molecular flexibility index (Phi) is 16.3. The summed E-state index contributed by atoms with van der Waals surface area (Å²) in [5.74, 6) is 2.45. The summed E-state index contributed by atoms with van der Waals surface area (Å²) in [4.78, 5) is 0. The first-order valence-corrected chi connectivity index (χ1v) is 25.4. The van der Waals surface area contributed by atoms with Gasteiger partial charge >= 0.3 is 0 Å². The second-order valence-electron chi connectivity index (χ2n) is 15.3. The zero-order valence-corrected chi connectivity index (χ0v) is 40.8. The van der Waals surface area contributed by atoms with E-state index in [1.165, 1.54) is 7.05 Å². The van der Waals surface area contributed by atoms with E-state index < -0.39 is 25.0 Å². The van der Waals surface area contributed by atoms with Crippen molar-refractivity contribution in [2.45, 2.75) is 38.0 Å². The highest BCUT2D eigenvalue weighted by molar-refractivity contribution is 7.69. The van der Waals surface area contributed by atoms with Gasteiger partial charge in [0.2, 0.25) is 0 Å². The van der Waals surface area contributed by atoms with Crippen LogP contribution in [0.2, 0.25) is 0 Å². The van der Waals surface area contributed by atoms with E-state index in [2.05, 4.69) is 5.73 Å². The van der Waals surface area contributed by atoms with Crippen molar-refractivity contribution in [3.05, 3.63) is 229 Å². The number of para-hydroxylation sites is 2. The second kappa shape index (κ2) is 21.9. The van der Waals surface area contributed by atoms with Crippen molar-refractivity contribution in [2.24, 2.45) is 5.73 Å². The third-order valence-corrected chi connectivity index (χ3v) is 18.5. The molecule has 2 heterocycles. The van der Waals surface area contributed by atoms with E-state index in [-0.39, 0.29) is 0 Å². The SMILES string of the molecule is CC.CC(c1ccccc1)(c1ccc(Oc2ccc(C(C)(c3ccccc3)P3(=O)Oc4ccccc4-c4ccccc43)cc2)cc1)P1(=O)Oc2ccccc2-c2ccccc21.CN.CO.CO. The molecule has 0 radical (unpaired) electrons. The first-order chi connectivity index (χ1) is 32.7. The predicted octanol–water partition coefficient (Wildman–Crippen LogP) is 13.1. The molecule has 2 aliphatic rings. The van der Waals surface area contributed by atoms with Gasteiger partial charge in [0.15, 0.2) is 0 Å². The van der Waals surface area contributed by atoms with E-state index >= 15 is 9.13 Å². The van der Waals surface area contributed by atoms with Gasteiger partial charge in [0.05, 0.1) is 10.6 Å². The molecule has 0 bridgehead atoms. The highest BCUT2D eigenvalue weighted by atomic mass is 31.2. The van der Waals surface area contributed by atoms with E-state index in [1.807, 2.05) is 234 Å². The summed E-state index contributed by atoms with van der Waals surface area (Å²) in [6.45, 7) is 8.04. The number of benzene rings is 8. The van der Waals surface area contributed by atoms with E-state index in [4.69, 9.17) is 24.0 Å². The number of ether oxygens (including phenoxy) is 1. The molecule has 0 saturated heterocycles. The molecule has 4 unspecified atom stereocenters. The lowest BCUT2D eigenvalue weighted by molar-refractivity contribution is 0.399. The summed E-state index contributed by atoms with van der Waals surface area (Å²) >= 11 is 0. The number of aliphatic hydroxyl groups is 2. The lowest BCUT2D eigenvalue weighted by Gasteiger charge is -2.41. The van der Waals surface area contributed by atoms with Crippen molar-refractivity contribution >= 4 is 25.3 Å². The fraction of sp³-hybridized carbons (Fsp3) is 0.158. The van der Waals surface area contributed by atoms with Crippen LogP contribution in [0.1, 0.15) is 49.9 Å². The van der Waals surface area contributed by atoms with Gasteiger partial charge < -0.3 is 29.7 Å². The first kappa shape index (κ1) is 49.9. The minimum Gasteiger partial charge on any atom is -0.457 e. The van der Waals surface area contributed by atoms with Crippen molar-refractivity contribution in [3.8, 4) is 45.3 Å². The Balaban J connectivity index is 0.000000881. The number of aliphatic hydroxyl groups excluding tert-OH is 2. The maximum Gasteiger partial charge on any atom is 0.292 e. The second-order valence-corrected chi connectivity index (χ2v) is 20.7.